The van der Waals surface area contributed by atoms with Crippen molar-refractivity contribution in [3.63, 3.8) is 0 Å². The molecule has 0 aliphatic heterocycles. The molecule has 1 N–H and O–H groups in total. The molecule has 0 heterocycles. The third kappa shape index (κ3) is 4.31. The number of carbonyl (C=O) groups excluding carboxylic acids is 1. The van der Waals surface area contributed by atoms with Gasteiger partial charge in [-0.05, 0) is 24.8 Å². The van der Waals surface area contributed by atoms with Crippen LogP contribution in [0.25, 0.3) is 0 Å². The lowest BCUT2D eigenvalue weighted by Gasteiger charge is -2.30. The number of rotatable bonds is 6. The average Bonchev–Trinajstić information content (AvgIpc) is 2.54. The van der Waals surface area contributed by atoms with E-state index in [0.717, 1.165) is 19.3 Å². The van der Waals surface area contributed by atoms with Gasteiger partial charge in [-0.25, -0.2) is 4.79 Å². The van der Waals surface area contributed by atoms with Crippen LogP contribution in [0.2, 0.25) is 0 Å². The van der Waals surface area contributed by atoms with E-state index < -0.39 is 10.9 Å². The number of nitrogens with one attached hydrogen (secondary N) is 1. The molecule has 2 rings (SSSR count). The summed E-state index contributed by atoms with van der Waals surface area (Å²) in [5.74, 6) is -0.0875. The van der Waals surface area contributed by atoms with Crippen LogP contribution in [-0.4, -0.2) is 23.5 Å². The highest BCUT2D eigenvalue weighted by atomic mass is 16.6. The van der Waals surface area contributed by atoms with E-state index in [-0.39, 0.29) is 23.9 Å². The minimum atomic E-state index is -0.584. The average molecular weight is 318 g/mol. The van der Waals surface area contributed by atoms with Gasteiger partial charge in [0.25, 0.3) is 5.69 Å². The Hall–Kier alpha value is -2.37. The number of esters is 1. The van der Waals surface area contributed by atoms with E-state index in [1.165, 1.54) is 24.6 Å². The van der Waals surface area contributed by atoms with Crippen molar-refractivity contribution in [3.8, 4) is 0 Å². The molecule has 1 saturated carbocycles. The molecule has 2 atom stereocenters. The van der Waals surface area contributed by atoms with Gasteiger partial charge in [-0.3, -0.25) is 10.1 Å². The lowest BCUT2D eigenvalue weighted by molar-refractivity contribution is -0.384. The van der Waals surface area contributed by atoms with E-state index >= 15 is 0 Å². The van der Waals surface area contributed by atoms with Crippen LogP contribution >= 0.6 is 0 Å². The summed E-state index contributed by atoms with van der Waals surface area (Å²) >= 11 is 0. The summed E-state index contributed by atoms with van der Waals surface area (Å²) in [7, 11) is 0. The molecular formula is C17H22N2O4. The number of nitrogens with zero attached hydrogens (tertiary/aromatic N) is 1. The van der Waals surface area contributed by atoms with Crippen LogP contribution < -0.4 is 5.32 Å². The summed E-state index contributed by atoms with van der Waals surface area (Å²) < 4.78 is 5.05. The van der Waals surface area contributed by atoms with E-state index in [0.29, 0.717) is 11.6 Å². The first kappa shape index (κ1) is 17.0. The van der Waals surface area contributed by atoms with E-state index in [4.69, 9.17) is 4.74 Å². The van der Waals surface area contributed by atoms with Gasteiger partial charge in [0.1, 0.15) is 6.61 Å². The fraction of sp³-hybridized carbons (Fsp3) is 0.471. The fourth-order valence-electron chi connectivity index (χ4n) is 2.88. The van der Waals surface area contributed by atoms with E-state index in [9.17, 15) is 14.9 Å². The molecule has 1 aromatic carbocycles. The number of non-ortho nitro benzene ring substituents is 1. The monoisotopic (exact) mass is 318 g/mol. The van der Waals surface area contributed by atoms with E-state index in [2.05, 4.69) is 18.8 Å². The van der Waals surface area contributed by atoms with Crippen molar-refractivity contribution in [2.45, 2.75) is 38.6 Å². The molecule has 0 radical (unpaired) electrons. The first-order valence-corrected chi connectivity index (χ1v) is 7.86. The summed E-state index contributed by atoms with van der Waals surface area (Å²) in [5.41, 5.74) is 0.653. The highest BCUT2D eigenvalue weighted by Gasteiger charge is 2.24. The lowest BCUT2D eigenvalue weighted by atomic mass is 9.85. The van der Waals surface area contributed by atoms with Crippen molar-refractivity contribution in [1.82, 2.24) is 0 Å². The largest absolute Gasteiger partial charge is 0.458 e. The highest BCUT2D eigenvalue weighted by molar-refractivity contribution is 5.96. The third-order valence-corrected chi connectivity index (χ3v) is 4.22. The second kappa shape index (κ2) is 7.76. The lowest BCUT2D eigenvalue weighted by Crippen LogP contribution is -2.31. The highest BCUT2D eigenvalue weighted by Crippen LogP contribution is 2.30. The first-order chi connectivity index (χ1) is 11.0. The molecule has 23 heavy (non-hydrogen) atoms. The van der Waals surface area contributed by atoms with Crippen LogP contribution in [0.15, 0.2) is 30.9 Å². The molecule has 2 unspecified atom stereocenters. The Morgan fingerprint density at radius 2 is 2.22 bits per heavy atom. The molecule has 1 aliphatic rings. The van der Waals surface area contributed by atoms with Crippen LogP contribution in [-0.2, 0) is 4.74 Å². The Morgan fingerprint density at radius 1 is 1.48 bits per heavy atom. The SMILES string of the molecule is C=CCOC(=O)c1cc([N+](=O)[O-])ccc1NC1CCCCC1C. The van der Waals surface area contributed by atoms with Crippen molar-refractivity contribution >= 4 is 17.3 Å². The van der Waals surface area contributed by atoms with Gasteiger partial charge in [0.05, 0.1) is 10.5 Å². The van der Waals surface area contributed by atoms with Gasteiger partial charge < -0.3 is 10.1 Å². The van der Waals surface area contributed by atoms with Gasteiger partial charge in [0.15, 0.2) is 0 Å². The Balaban J connectivity index is 2.27. The van der Waals surface area contributed by atoms with Gasteiger partial charge in [-0.1, -0.05) is 32.4 Å². The van der Waals surface area contributed by atoms with Crippen LogP contribution in [0.5, 0.6) is 0 Å². The second-order valence-corrected chi connectivity index (χ2v) is 5.89. The zero-order valence-electron chi connectivity index (χ0n) is 13.3. The van der Waals surface area contributed by atoms with Crippen LogP contribution in [0.3, 0.4) is 0 Å². The molecular weight excluding hydrogens is 296 g/mol. The zero-order chi connectivity index (χ0) is 16.8. The van der Waals surface area contributed by atoms with Crippen LogP contribution in [0.4, 0.5) is 11.4 Å². The number of benzene rings is 1. The Bertz CT molecular complexity index is 600. The third-order valence-electron chi connectivity index (χ3n) is 4.22. The Kier molecular flexibility index (Phi) is 5.73. The predicted molar refractivity (Wildman–Crippen MR) is 88.6 cm³/mol. The van der Waals surface area contributed by atoms with Crippen molar-refractivity contribution in [1.29, 1.82) is 0 Å². The van der Waals surface area contributed by atoms with Gasteiger partial charge in [-0.2, -0.15) is 0 Å². The van der Waals surface area contributed by atoms with Crippen molar-refractivity contribution in [3.05, 3.63) is 46.5 Å². The first-order valence-electron chi connectivity index (χ1n) is 7.86. The number of nitro groups is 1. The number of hydrogen-bond donors (Lipinski definition) is 1. The maximum absolute atomic E-state index is 12.2. The molecule has 6 nitrogen and oxygen atoms in total. The van der Waals surface area contributed by atoms with Gasteiger partial charge >= 0.3 is 5.97 Å². The molecule has 124 valence electrons. The number of nitro benzene ring substituents is 1. The predicted octanol–water partition coefficient (Wildman–Crippen LogP) is 3.93. The molecule has 0 spiro atoms. The molecule has 0 aromatic heterocycles. The van der Waals surface area contributed by atoms with Crippen LogP contribution in [0.1, 0.15) is 43.0 Å². The molecule has 1 aliphatic carbocycles. The van der Waals surface area contributed by atoms with Gasteiger partial charge in [-0.15, -0.1) is 0 Å². The van der Waals surface area contributed by atoms with Crippen molar-refractivity contribution in [2.75, 3.05) is 11.9 Å². The van der Waals surface area contributed by atoms with E-state index in [1.54, 1.807) is 6.07 Å². The normalized spacial score (nSPS) is 20.6. The van der Waals surface area contributed by atoms with Gasteiger partial charge in [0, 0.05) is 23.9 Å². The second-order valence-electron chi connectivity index (χ2n) is 5.89. The van der Waals surface area contributed by atoms with Crippen LogP contribution in [0, 0.1) is 16.0 Å². The molecule has 1 aromatic rings. The molecule has 0 amide bonds. The van der Waals surface area contributed by atoms with E-state index in [1.807, 2.05) is 0 Å². The molecule has 0 bridgehead atoms. The summed E-state index contributed by atoms with van der Waals surface area (Å²) in [6.45, 7) is 5.75. The standard InChI is InChI=1S/C17H22N2O4/c1-3-10-23-17(20)14-11-13(19(21)22)8-9-16(14)18-15-7-5-4-6-12(15)2/h3,8-9,11-12,15,18H,1,4-7,10H2,2H3. The molecule has 6 heteroatoms. The number of anilines is 1. The number of carbonyl (C=O) groups is 1. The molecule has 0 saturated heterocycles. The quantitative estimate of drug-likeness (QED) is 0.372. The number of ether oxygens (including phenoxy) is 1. The summed E-state index contributed by atoms with van der Waals surface area (Å²) in [5, 5.41) is 14.3. The fourth-order valence-corrected chi connectivity index (χ4v) is 2.88. The Labute approximate surface area is 135 Å². The minimum Gasteiger partial charge on any atom is -0.458 e. The topological polar surface area (TPSA) is 81.5 Å². The summed E-state index contributed by atoms with van der Waals surface area (Å²) in [4.78, 5) is 22.6. The maximum Gasteiger partial charge on any atom is 0.340 e. The zero-order valence-corrected chi connectivity index (χ0v) is 13.3. The van der Waals surface area contributed by atoms with Crippen molar-refractivity contribution in [2.24, 2.45) is 5.92 Å². The molecule has 1 fully saturated rings. The minimum absolute atomic E-state index is 0.0702. The maximum atomic E-state index is 12.2. The number of hydrogen-bond acceptors (Lipinski definition) is 5. The van der Waals surface area contributed by atoms with Crippen molar-refractivity contribution < 1.29 is 14.5 Å². The summed E-state index contributed by atoms with van der Waals surface area (Å²) in [6, 6.07) is 4.52. The Morgan fingerprint density at radius 3 is 2.87 bits per heavy atom. The van der Waals surface area contributed by atoms with Gasteiger partial charge in [0.2, 0.25) is 0 Å². The smallest absolute Gasteiger partial charge is 0.340 e. The summed E-state index contributed by atoms with van der Waals surface area (Å²) in [6.07, 6.45) is 5.99.